The number of rotatable bonds is 14. The number of allylic oxidation sites excluding steroid dienone is 1. The molecule has 8 aliphatic rings. The van der Waals surface area contributed by atoms with Crippen molar-refractivity contribution in [2.45, 2.75) is 151 Å². The summed E-state index contributed by atoms with van der Waals surface area (Å²) < 4.78 is 0. The summed E-state index contributed by atoms with van der Waals surface area (Å²) in [7, 11) is 0. The van der Waals surface area contributed by atoms with Crippen LogP contribution in [-0.4, -0.2) is 82.9 Å². The van der Waals surface area contributed by atoms with Gasteiger partial charge < -0.3 is 56.6 Å². The molecule has 12 nitrogen and oxygen atoms in total. The van der Waals surface area contributed by atoms with Gasteiger partial charge in [0.25, 0.3) is 0 Å². The maximum absolute atomic E-state index is 13.2. The maximum Gasteiger partial charge on any atom is 0.169 e. The number of piperidine rings is 2. The van der Waals surface area contributed by atoms with Crippen LogP contribution in [0, 0.1) is 39.9 Å². The van der Waals surface area contributed by atoms with E-state index in [1.165, 1.54) is 103 Å². The van der Waals surface area contributed by atoms with E-state index in [1.54, 1.807) is 18.2 Å². The fourth-order valence-corrected chi connectivity index (χ4v) is 20.5. The Morgan fingerprint density at radius 2 is 1.57 bits per heavy atom. The zero-order valence-corrected chi connectivity index (χ0v) is 49.5. The third-order valence-corrected chi connectivity index (χ3v) is 24.0. The van der Waals surface area contributed by atoms with Gasteiger partial charge in [-0.25, -0.2) is 4.98 Å². The van der Waals surface area contributed by atoms with Crippen LogP contribution >= 0.6 is 0 Å². The Morgan fingerprint density at radius 1 is 0.721 bits per heavy atom. The first kappa shape index (κ1) is 55.5. The van der Waals surface area contributed by atoms with Crippen molar-refractivity contribution in [3.8, 4) is 28.7 Å². The average molecular weight is 1150 g/mol. The molecule has 7 aromatic rings. The van der Waals surface area contributed by atoms with Crippen molar-refractivity contribution in [3.63, 3.8) is 0 Å². The molecule has 5 aliphatic carbocycles. The number of aromatic hydroxyl groups is 5. The van der Waals surface area contributed by atoms with Crippen LogP contribution < -0.4 is 16.0 Å². The van der Waals surface area contributed by atoms with E-state index in [0.717, 1.165) is 57.2 Å². The van der Waals surface area contributed by atoms with Crippen LogP contribution in [0.4, 0.5) is 0 Å². The number of phenols is 5. The topological polar surface area (TPSA) is 202 Å². The summed E-state index contributed by atoms with van der Waals surface area (Å²) >= 11 is 0. The second-order valence-corrected chi connectivity index (χ2v) is 27.6. The van der Waals surface area contributed by atoms with Crippen molar-refractivity contribution in [3.05, 3.63) is 190 Å². The lowest BCUT2D eigenvalue weighted by Gasteiger charge is -2.75. The lowest BCUT2D eigenvalue weighted by atomic mass is 9.31. The molecule has 6 fully saturated rings. The van der Waals surface area contributed by atoms with Gasteiger partial charge in [-0.15, -0.1) is 0 Å². The van der Waals surface area contributed by atoms with Crippen LogP contribution in [0.25, 0.3) is 22.9 Å². The summed E-state index contributed by atoms with van der Waals surface area (Å²) in [5, 5.41) is 81.6. The third kappa shape index (κ3) is 8.76. The van der Waals surface area contributed by atoms with E-state index < -0.39 is 11.5 Å². The normalized spacial score (nSPS) is 33.3. The molecule has 2 aromatic heterocycles. The van der Waals surface area contributed by atoms with Gasteiger partial charge in [-0.1, -0.05) is 123 Å². The molecule has 5 heterocycles. The number of aliphatic hydroxyl groups is 1. The number of nitrogens with one attached hydrogen (secondary N) is 5. The molecule has 12 heteroatoms. The number of aromatic amines is 2. The highest BCUT2D eigenvalue weighted by Crippen LogP contribution is 2.79. The first-order valence-corrected chi connectivity index (χ1v) is 32.4. The second-order valence-electron chi connectivity index (χ2n) is 27.6. The summed E-state index contributed by atoms with van der Waals surface area (Å²) in [6.07, 6.45) is 33.5. The van der Waals surface area contributed by atoms with Crippen molar-refractivity contribution in [1.82, 2.24) is 30.9 Å². The monoisotopic (exact) mass is 1150 g/mol. The number of hydrogen-bond acceptors (Lipinski definition) is 10. The zero-order valence-electron chi connectivity index (χ0n) is 49.5. The highest BCUT2D eigenvalue weighted by molar-refractivity contribution is 6.03. The number of aryl methyl sites for hydroxylation is 2. The molecule has 0 amide bonds. The van der Waals surface area contributed by atoms with Gasteiger partial charge in [0.2, 0.25) is 0 Å². The fourth-order valence-electron chi connectivity index (χ4n) is 20.5. The molecule has 11 N–H and O–H groups in total. The second kappa shape index (κ2) is 21.6. The minimum atomic E-state index is -0.565. The van der Waals surface area contributed by atoms with E-state index in [4.69, 9.17) is 10.3 Å². The number of phenolic OH excluding ortho intramolecular Hbond substituents is 5. The van der Waals surface area contributed by atoms with Crippen molar-refractivity contribution < 1.29 is 30.6 Å². The summed E-state index contributed by atoms with van der Waals surface area (Å²) in [5.41, 5.74) is 10.4. The summed E-state index contributed by atoms with van der Waals surface area (Å²) in [6, 6.07) is 33.0. The number of aliphatic hydroxyl groups excluding tert-OH is 1. The molecular formula is C74H84N6O6. The van der Waals surface area contributed by atoms with Gasteiger partial charge in [-0.05, 0) is 199 Å². The lowest BCUT2D eigenvalue weighted by molar-refractivity contribution is -0.217. The Morgan fingerprint density at radius 3 is 2.38 bits per heavy atom. The fraction of sp³-hybridized carbons (Fsp3) is 0.446. The molecule has 4 saturated carbocycles. The van der Waals surface area contributed by atoms with E-state index in [-0.39, 0.29) is 86.4 Å². The van der Waals surface area contributed by atoms with Gasteiger partial charge in [0.15, 0.2) is 23.0 Å². The van der Waals surface area contributed by atoms with Gasteiger partial charge in [0.1, 0.15) is 5.75 Å². The minimum absolute atomic E-state index is 0.00106. The molecule has 2 saturated heterocycles. The Hall–Kier alpha value is -7.09. The van der Waals surface area contributed by atoms with Crippen molar-refractivity contribution in [1.29, 1.82) is 0 Å². The van der Waals surface area contributed by atoms with Crippen LogP contribution in [0.5, 0.6) is 28.7 Å². The molecule has 3 aliphatic heterocycles. The highest BCUT2D eigenvalue weighted by Gasteiger charge is 2.78. The summed E-state index contributed by atoms with van der Waals surface area (Å²) in [4.78, 5) is 12.4. The maximum atomic E-state index is 13.2. The van der Waals surface area contributed by atoms with Gasteiger partial charge in [-0.2, -0.15) is 0 Å². The Kier molecular flexibility index (Phi) is 14.0. The van der Waals surface area contributed by atoms with Crippen molar-refractivity contribution in [2.24, 2.45) is 39.9 Å². The van der Waals surface area contributed by atoms with Crippen LogP contribution in [0.1, 0.15) is 146 Å². The molecular weight excluding hydrogens is 1070 g/mol. The Labute approximate surface area is 505 Å². The molecule has 5 aromatic carbocycles. The zero-order chi connectivity index (χ0) is 58.5. The number of aromatic nitrogens is 3. The van der Waals surface area contributed by atoms with Gasteiger partial charge in [0, 0.05) is 77.3 Å². The molecule has 0 unspecified atom stereocenters. The first-order chi connectivity index (χ1) is 41.9. The molecule has 14 atom stereocenters. The predicted octanol–water partition coefficient (Wildman–Crippen LogP) is 12.9. The third-order valence-electron chi connectivity index (χ3n) is 24.0. The van der Waals surface area contributed by atoms with Gasteiger partial charge in [0.05, 0.1) is 17.8 Å². The van der Waals surface area contributed by atoms with E-state index >= 15 is 0 Å². The van der Waals surface area contributed by atoms with Crippen LogP contribution in [-0.2, 0) is 31.1 Å². The summed E-state index contributed by atoms with van der Waals surface area (Å²) in [6.45, 7) is 3.94. The average Bonchev–Trinajstić information content (AvgIpc) is 1.13. The van der Waals surface area contributed by atoms with Crippen LogP contribution in [0.3, 0.4) is 0 Å². The molecule has 15 rings (SSSR count). The molecule has 2 bridgehead atoms. The van der Waals surface area contributed by atoms with Crippen molar-refractivity contribution >= 4 is 22.9 Å². The first-order valence-electron chi connectivity index (χ1n) is 32.4. The lowest BCUT2D eigenvalue weighted by Crippen LogP contribution is -2.78. The standard InChI is InChI=1S/C74H84N6O6/c1-2-52-33-46(40-77-52)27-32-75-41-49-35-56(47-9-4-3-5-10-47)60-39-71(38-59(49)79-60)37-58(80-70-57(71)36-51-12-8-29-73(51)31-30-72-28-7-11-50(72)22-26-63(83)69(72)74(70,73)65-42-76-43-78-65)48-20-15-44(16-21-48)17-24-55-53(23-18-45-19-25-61(81)64(84)34-45)54-13-6-14-62(82)66(54)68(86)67(55)85/h3-6,9-10,13-16,18-23,25-26,33-35,40,42-43,50-51,56-60,63,69-70,75,77,79-86H,2,7-8,11-12,17,24,27-32,36-39,41H2,1H3,(H,76,78)/b23-18+/t50-,51-,56-,57+,58-,59+,60-,63-,69+,70+,71+,72+,73-,74+/m1/s1. The summed E-state index contributed by atoms with van der Waals surface area (Å²) in [5.74, 6) is 0.360. The Bertz CT molecular complexity index is 3760. The number of benzene rings is 5. The van der Waals surface area contributed by atoms with E-state index in [2.05, 4.69) is 119 Å². The van der Waals surface area contributed by atoms with Gasteiger partial charge in [-0.3, -0.25) is 0 Å². The highest BCUT2D eigenvalue weighted by atomic mass is 16.3. The van der Waals surface area contributed by atoms with Crippen LogP contribution in [0.15, 0.2) is 140 Å². The number of fused-ring (bicyclic) bond motifs is 7. The SMILES string of the molecule is CCc1cc(CCNCC2=C[C@H](c3ccccc3)[C@H]3C[C@@]4(C[C@@H]2N3)C[C@H](c2ccc(CCc3c(O)c(O)c5c(O)cccc5c3/C=C/c3ccc(O)c(O)c3)cc2)N[C@H]2[C@@H]4C[C@H]3CCC[C@@]34CC[C@@]35CCC[C@@H]3C=C[C@@H](O)[C@@H]5[C@@]24c2cnc[nH]2)c[nH]1. The quantitative estimate of drug-likeness (QED) is 0.0215. The predicted molar refractivity (Wildman–Crippen MR) is 338 cm³/mol. The van der Waals surface area contributed by atoms with Crippen molar-refractivity contribution in [2.75, 3.05) is 13.1 Å². The Balaban J connectivity index is 0.822. The molecule has 3 spiro atoms. The number of hydrogen-bond donors (Lipinski definition) is 11. The van der Waals surface area contributed by atoms with E-state index in [9.17, 15) is 30.6 Å². The number of H-pyrrole nitrogens is 2. The van der Waals surface area contributed by atoms with E-state index in [1.807, 2.05) is 18.5 Å². The largest absolute Gasteiger partial charge is 0.507 e. The van der Waals surface area contributed by atoms with Crippen LogP contribution in [0.2, 0.25) is 0 Å². The number of nitrogens with zero attached hydrogens (tertiary/aromatic N) is 1. The molecule has 446 valence electrons. The molecule has 86 heavy (non-hydrogen) atoms. The minimum Gasteiger partial charge on any atom is -0.507 e. The molecule has 0 radical (unpaired) electrons. The number of imidazole rings is 1. The van der Waals surface area contributed by atoms with Gasteiger partial charge >= 0.3 is 0 Å². The van der Waals surface area contributed by atoms with E-state index in [0.29, 0.717) is 52.7 Å². The smallest absolute Gasteiger partial charge is 0.169 e.